The number of nitrogen functional groups attached to an aromatic ring is 1. The van der Waals surface area contributed by atoms with Crippen molar-refractivity contribution in [3.63, 3.8) is 0 Å². The van der Waals surface area contributed by atoms with Gasteiger partial charge in [-0.1, -0.05) is 18.2 Å². The number of carbonyl (C=O) groups excluding carboxylic acids is 1. The number of carbonyl (C=O) groups is 1. The number of aryl methyl sites for hydroxylation is 1. The Hall–Kier alpha value is -1.55. The fourth-order valence-electron chi connectivity index (χ4n) is 2.79. The number of amides is 1. The van der Waals surface area contributed by atoms with Crippen LogP contribution in [0.1, 0.15) is 24.8 Å². The Balaban J connectivity index is 1.80. The van der Waals surface area contributed by atoms with Crippen LogP contribution in [-0.2, 0) is 11.2 Å². The predicted octanol–water partition coefficient (Wildman–Crippen LogP) is 1.75. The Bertz CT molecular complexity index is 451. The number of hydrogen-bond acceptors (Lipinski definition) is 3. The molecule has 0 aliphatic carbocycles. The highest BCUT2D eigenvalue weighted by Crippen LogP contribution is 2.17. The van der Waals surface area contributed by atoms with Crippen LogP contribution >= 0.6 is 0 Å². The highest BCUT2D eigenvalue weighted by Gasteiger charge is 2.23. The van der Waals surface area contributed by atoms with E-state index in [0.717, 1.165) is 43.6 Å². The molecule has 1 aromatic carbocycles. The fourth-order valence-corrected chi connectivity index (χ4v) is 2.79. The summed E-state index contributed by atoms with van der Waals surface area (Å²) in [6.07, 6.45) is 3.44. The molecule has 1 aromatic rings. The molecule has 1 aliphatic rings. The van der Waals surface area contributed by atoms with Crippen LogP contribution in [0.3, 0.4) is 0 Å². The standard InChI is InChI=1S/C16H25N3O/c1-18(2)14-9-11-19(12-10-14)16(20)8-7-13-5-3-4-6-15(13)17/h3-6,14H,7-12,17H2,1-2H3. The smallest absolute Gasteiger partial charge is 0.222 e. The first-order valence-electron chi connectivity index (χ1n) is 7.35. The lowest BCUT2D eigenvalue weighted by molar-refractivity contribution is -0.132. The van der Waals surface area contributed by atoms with Crippen molar-refractivity contribution in [3.05, 3.63) is 29.8 Å². The average Bonchev–Trinajstić information content (AvgIpc) is 2.46. The third-order valence-corrected chi connectivity index (χ3v) is 4.21. The number of piperidine rings is 1. The zero-order valence-electron chi connectivity index (χ0n) is 12.5. The van der Waals surface area contributed by atoms with Crippen molar-refractivity contribution in [2.24, 2.45) is 0 Å². The summed E-state index contributed by atoms with van der Waals surface area (Å²) in [6.45, 7) is 1.76. The van der Waals surface area contributed by atoms with Crippen molar-refractivity contribution >= 4 is 11.6 Å². The third-order valence-electron chi connectivity index (χ3n) is 4.21. The van der Waals surface area contributed by atoms with Crippen LogP contribution in [0.4, 0.5) is 5.69 Å². The van der Waals surface area contributed by atoms with Crippen molar-refractivity contribution in [2.75, 3.05) is 32.9 Å². The first-order valence-corrected chi connectivity index (χ1v) is 7.35. The zero-order chi connectivity index (χ0) is 14.5. The molecule has 4 heteroatoms. The molecule has 1 heterocycles. The molecule has 0 saturated carbocycles. The summed E-state index contributed by atoms with van der Waals surface area (Å²) in [7, 11) is 4.22. The van der Waals surface area contributed by atoms with Crippen LogP contribution in [0.15, 0.2) is 24.3 Å². The van der Waals surface area contributed by atoms with Crippen LogP contribution in [0.5, 0.6) is 0 Å². The molecule has 0 atom stereocenters. The number of benzene rings is 1. The van der Waals surface area contributed by atoms with Gasteiger partial charge in [0, 0.05) is 31.2 Å². The van der Waals surface area contributed by atoms with Crippen molar-refractivity contribution in [1.29, 1.82) is 0 Å². The van der Waals surface area contributed by atoms with Gasteiger partial charge in [0.1, 0.15) is 0 Å². The maximum absolute atomic E-state index is 12.2. The summed E-state index contributed by atoms with van der Waals surface area (Å²) in [6, 6.07) is 8.40. The van der Waals surface area contributed by atoms with Gasteiger partial charge in [-0.2, -0.15) is 0 Å². The van der Waals surface area contributed by atoms with Crippen LogP contribution in [0, 0.1) is 0 Å². The van der Waals surface area contributed by atoms with Gasteiger partial charge in [-0.3, -0.25) is 4.79 Å². The second-order valence-corrected chi connectivity index (χ2v) is 5.77. The van der Waals surface area contributed by atoms with E-state index in [2.05, 4.69) is 19.0 Å². The summed E-state index contributed by atoms with van der Waals surface area (Å²) in [5, 5.41) is 0. The van der Waals surface area contributed by atoms with Gasteiger partial charge in [0.2, 0.25) is 5.91 Å². The van der Waals surface area contributed by atoms with E-state index in [1.54, 1.807) is 0 Å². The first-order chi connectivity index (χ1) is 9.58. The quantitative estimate of drug-likeness (QED) is 0.852. The second-order valence-electron chi connectivity index (χ2n) is 5.77. The molecule has 1 aliphatic heterocycles. The van der Waals surface area contributed by atoms with Crippen LogP contribution in [-0.4, -0.2) is 48.9 Å². The van der Waals surface area contributed by atoms with E-state index in [1.165, 1.54) is 0 Å². The molecule has 0 aromatic heterocycles. The Kier molecular flexibility index (Phi) is 5.01. The molecule has 0 spiro atoms. The molecule has 0 unspecified atom stereocenters. The summed E-state index contributed by atoms with van der Waals surface area (Å²) < 4.78 is 0. The van der Waals surface area contributed by atoms with Gasteiger partial charge in [0.25, 0.3) is 0 Å². The molecular weight excluding hydrogens is 250 g/mol. The van der Waals surface area contributed by atoms with Gasteiger partial charge in [-0.05, 0) is 45.0 Å². The van der Waals surface area contributed by atoms with E-state index in [4.69, 9.17) is 5.73 Å². The number of anilines is 1. The van der Waals surface area contributed by atoms with Gasteiger partial charge < -0.3 is 15.5 Å². The van der Waals surface area contributed by atoms with Crippen LogP contribution < -0.4 is 5.73 Å². The van der Waals surface area contributed by atoms with Crippen molar-refractivity contribution in [2.45, 2.75) is 31.7 Å². The van der Waals surface area contributed by atoms with Gasteiger partial charge in [0.15, 0.2) is 0 Å². The molecule has 0 radical (unpaired) electrons. The van der Waals surface area contributed by atoms with E-state index in [9.17, 15) is 4.79 Å². The Labute approximate surface area is 121 Å². The SMILES string of the molecule is CN(C)C1CCN(C(=O)CCc2ccccc2N)CC1. The molecule has 0 bridgehead atoms. The molecule has 20 heavy (non-hydrogen) atoms. The molecule has 1 fully saturated rings. The lowest BCUT2D eigenvalue weighted by atomic mass is 10.0. The largest absolute Gasteiger partial charge is 0.399 e. The summed E-state index contributed by atoms with van der Waals surface area (Å²) in [5.74, 6) is 0.255. The molecular formula is C16H25N3O. The van der Waals surface area contributed by atoms with Crippen molar-refractivity contribution in [3.8, 4) is 0 Å². The van der Waals surface area contributed by atoms with Crippen molar-refractivity contribution in [1.82, 2.24) is 9.80 Å². The molecule has 2 rings (SSSR count). The van der Waals surface area contributed by atoms with Gasteiger partial charge in [0.05, 0.1) is 0 Å². The highest BCUT2D eigenvalue weighted by molar-refractivity contribution is 5.76. The molecule has 1 amide bonds. The van der Waals surface area contributed by atoms with Gasteiger partial charge >= 0.3 is 0 Å². The molecule has 2 N–H and O–H groups in total. The maximum Gasteiger partial charge on any atom is 0.222 e. The van der Waals surface area contributed by atoms with E-state index in [1.807, 2.05) is 29.2 Å². The van der Waals surface area contributed by atoms with Crippen molar-refractivity contribution < 1.29 is 4.79 Å². The van der Waals surface area contributed by atoms with Gasteiger partial charge in [-0.15, -0.1) is 0 Å². The minimum Gasteiger partial charge on any atom is -0.399 e. The minimum absolute atomic E-state index is 0.255. The molecule has 1 saturated heterocycles. The number of likely N-dealkylation sites (tertiary alicyclic amines) is 1. The van der Waals surface area contributed by atoms with Crippen LogP contribution in [0.2, 0.25) is 0 Å². The first kappa shape index (κ1) is 14.9. The zero-order valence-corrected chi connectivity index (χ0v) is 12.5. The summed E-state index contributed by atoms with van der Waals surface area (Å²) >= 11 is 0. The minimum atomic E-state index is 0.255. The lowest BCUT2D eigenvalue weighted by Crippen LogP contribution is -2.44. The number of nitrogens with two attached hydrogens (primary N) is 1. The summed E-state index contributed by atoms with van der Waals surface area (Å²) in [5.41, 5.74) is 7.76. The second kappa shape index (κ2) is 6.75. The lowest BCUT2D eigenvalue weighted by Gasteiger charge is -2.35. The monoisotopic (exact) mass is 275 g/mol. The Morgan fingerprint density at radius 2 is 1.95 bits per heavy atom. The molecule has 4 nitrogen and oxygen atoms in total. The predicted molar refractivity (Wildman–Crippen MR) is 82.5 cm³/mol. The number of nitrogens with zero attached hydrogens (tertiary/aromatic N) is 2. The highest BCUT2D eigenvalue weighted by atomic mass is 16.2. The summed E-state index contributed by atoms with van der Waals surface area (Å²) in [4.78, 5) is 16.5. The van der Waals surface area contributed by atoms with E-state index < -0.39 is 0 Å². The topological polar surface area (TPSA) is 49.6 Å². The fraction of sp³-hybridized carbons (Fsp3) is 0.562. The normalized spacial score (nSPS) is 16.6. The number of rotatable bonds is 4. The maximum atomic E-state index is 12.2. The molecule has 110 valence electrons. The van der Waals surface area contributed by atoms with E-state index >= 15 is 0 Å². The Morgan fingerprint density at radius 3 is 2.55 bits per heavy atom. The van der Waals surface area contributed by atoms with Crippen LogP contribution in [0.25, 0.3) is 0 Å². The number of hydrogen-bond donors (Lipinski definition) is 1. The average molecular weight is 275 g/mol. The third kappa shape index (κ3) is 3.73. The van der Waals surface area contributed by atoms with Gasteiger partial charge in [-0.25, -0.2) is 0 Å². The van der Waals surface area contributed by atoms with E-state index in [-0.39, 0.29) is 5.91 Å². The van der Waals surface area contributed by atoms with E-state index in [0.29, 0.717) is 12.5 Å². The number of para-hydroxylation sites is 1. The Morgan fingerprint density at radius 1 is 1.30 bits per heavy atom.